The quantitative estimate of drug-likeness (QED) is 0.495. The Balaban J connectivity index is 2.89. The van der Waals surface area contributed by atoms with Gasteiger partial charge in [0, 0.05) is 5.56 Å². The van der Waals surface area contributed by atoms with Gasteiger partial charge in [-0.15, -0.1) is 0 Å². The molecule has 84 valence electrons. The minimum absolute atomic E-state index is 0.168. The SMILES string of the molecule is Cc1ccc(C(=O)CC(=O)C(=O)O)c(Cl)c1. The van der Waals surface area contributed by atoms with Crippen LogP contribution in [-0.4, -0.2) is 22.6 Å². The first kappa shape index (κ1) is 12.4. The van der Waals surface area contributed by atoms with Crippen molar-refractivity contribution in [2.45, 2.75) is 13.3 Å². The third-order valence-corrected chi connectivity index (χ3v) is 2.30. The van der Waals surface area contributed by atoms with E-state index in [1.54, 1.807) is 12.1 Å². The number of Topliss-reactive ketones (excluding diaryl/α,β-unsaturated/α-hetero) is 2. The van der Waals surface area contributed by atoms with Crippen molar-refractivity contribution in [3.8, 4) is 0 Å². The maximum atomic E-state index is 11.5. The molecule has 1 N–H and O–H groups in total. The molecule has 0 unspecified atom stereocenters. The van der Waals surface area contributed by atoms with Crippen molar-refractivity contribution in [3.05, 3.63) is 34.3 Å². The Hall–Kier alpha value is -1.68. The second-order valence-corrected chi connectivity index (χ2v) is 3.72. The van der Waals surface area contributed by atoms with Crippen molar-refractivity contribution in [2.24, 2.45) is 0 Å². The van der Waals surface area contributed by atoms with Gasteiger partial charge < -0.3 is 5.11 Å². The predicted molar refractivity (Wildman–Crippen MR) is 57.8 cm³/mol. The van der Waals surface area contributed by atoms with Crippen LogP contribution in [-0.2, 0) is 9.59 Å². The second-order valence-electron chi connectivity index (χ2n) is 3.31. The van der Waals surface area contributed by atoms with E-state index in [0.717, 1.165) is 5.56 Å². The molecule has 0 heterocycles. The highest BCUT2D eigenvalue weighted by Crippen LogP contribution is 2.19. The van der Waals surface area contributed by atoms with Gasteiger partial charge in [0.25, 0.3) is 0 Å². The molecule has 1 rings (SSSR count). The highest BCUT2D eigenvalue weighted by atomic mass is 35.5. The third-order valence-electron chi connectivity index (χ3n) is 1.98. The van der Waals surface area contributed by atoms with Crippen LogP contribution in [0.5, 0.6) is 0 Å². The fourth-order valence-electron chi connectivity index (χ4n) is 1.16. The lowest BCUT2D eigenvalue weighted by Crippen LogP contribution is -2.17. The average molecular weight is 241 g/mol. The van der Waals surface area contributed by atoms with Crippen LogP contribution in [0.4, 0.5) is 0 Å². The maximum Gasteiger partial charge on any atom is 0.372 e. The molecule has 0 bridgehead atoms. The first-order valence-corrected chi connectivity index (χ1v) is 4.85. The molecular formula is C11H9ClO4. The number of halogens is 1. The summed E-state index contributed by atoms with van der Waals surface area (Å²) in [5.41, 5.74) is 1.05. The van der Waals surface area contributed by atoms with E-state index in [1.807, 2.05) is 6.92 Å². The zero-order chi connectivity index (χ0) is 12.3. The summed E-state index contributed by atoms with van der Waals surface area (Å²) in [7, 11) is 0. The number of rotatable bonds is 4. The Morgan fingerprint density at radius 1 is 1.31 bits per heavy atom. The van der Waals surface area contributed by atoms with Crippen molar-refractivity contribution in [2.75, 3.05) is 0 Å². The zero-order valence-corrected chi connectivity index (χ0v) is 9.25. The fraction of sp³-hybridized carbons (Fsp3) is 0.182. The third kappa shape index (κ3) is 2.90. The summed E-state index contributed by atoms with van der Waals surface area (Å²) < 4.78 is 0. The number of hydrogen-bond acceptors (Lipinski definition) is 3. The van der Waals surface area contributed by atoms with E-state index >= 15 is 0 Å². The molecule has 0 saturated heterocycles. The van der Waals surface area contributed by atoms with Crippen LogP contribution in [0, 0.1) is 6.92 Å². The van der Waals surface area contributed by atoms with Gasteiger partial charge in [-0.05, 0) is 24.6 Å². The number of hydrogen-bond donors (Lipinski definition) is 1. The molecule has 4 nitrogen and oxygen atoms in total. The minimum Gasteiger partial charge on any atom is -0.475 e. The zero-order valence-electron chi connectivity index (χ0n) is 8.49. The van der Waals surface area contributed by atoms with Crippen molar-refractivity contribution in [3.63, 3.8) is 0 Å². The molecule has 0 saturated carbocycles. The molecule has 1 aromatic rings. The predicted octanol–water partition coefficient (Wildman–Crippen LogP) is 1.87. The van der Waals surface area contributed by atoms with Crippen molar-refractivity contribution >= 4 is 29.1 Å². The van der Waals surface area contributed by atoms with Crippen LogP contribution in [0.2, 0.25) is 5.02 Å². The lowest BCUT2D eigenvalue weighted by Gasteiger charge is -2.02. The molecule has 0 aliphatic rings. The molecule has 0 fully saturated rings. The van der Waals surface area contributed by atoms with Crippen LogP contribution in [0.25, 0.3) is 0 Å². The van der Waals surface area contributed by atoms with Gasteiger partial charge in [0.05, 0.1) is 11.4 Å². The second kappa shape index (κ2) is 4.90. The molecule has 0 aliphatic carbocycles. The number of carboxylic acid groups (broad SMARTS) is 1. The molecule has 5 heteroatoms. The van der Waals surface area contributed by atoms with Crippen LogP contribution < -0.4 is 0 Å². The van der Waals surface area contributed by atoms with E-state index in [9.17, 15) is 14.4 Å². The largest absolute Gasteiger partial charge is 0.475 e. The van der Waals surface area contributed by atoms with Crippen LogP contribution in [0.3, 0.4) is 0 Å². The Labute approximate surface area is 96.8 Å². The summed E-state index contributed by atoms with van der Waals surface area (Å²) >= 11 is 5.81. The highest BCUT2D eigenvalue weighted by molar-refractivity contribution is 6.39. The summed E-state index contributed by atoms with van der Waals surface area (Å²) in [6, 6.07) is 4.74. The molecule has 0 aliphatic heterocycles. The van der Waals surface area contributed by atoms with Gasteiger partial charge in [0.15, 0.2) is 5.78 Å². The highest BCUT2D eigenvalue weighted by Gasteiger charge is 2.19. The average Bonchev–Trinajstić information content (AvgIpc) is 2.16. The number of carbonyl (C=O) groups excluding carboxylic acids is 2. The number of ketones is 2. The smallest absolute Gasteiger partial charge is 0.372 e. The Kier molecular flexibility index (Phi) is 3.79. The normalized spacial score (nSPS) is 9.88. The van der Waals surface area contributed by atoms with Crippen LogP contribution >= 0.6 is 11.6 Å². The van der Waals surface area contributed by atoms with Gasteiger partial charge in [-0.2, -0.15) is 0 Å². The summed E-state index contributed by atoms with van der Waals surface area (Å²) in [6.07, 6.45) is -0.669. The van der Waals surface area contributed by atoms with Crippen molar-refractivity contribution in [1.82, 2.24) is 0 Å². The van der Waals surface area contributed by atoms with Crippen molar-refractivity contribution in [1.29, 1.82) is 0 Å². The molecule has 0 radical (unpaired) electrons. The molecule has 1 aromatic carbocycles. The Bertz CT molecular complexity index is 465. The molecule has 0 amide bonds. The number of aryl methyl sites for hydroxylation is 1. The van der Waals surface area contributed by atoms with Crippen LogP contribution in [0.1, 0.15) is 22.3 Å². The monoisotopic (exact) mass is 240 g/mol. The lowest BCUT2D eigenvalue weighted by atomic mass is 10.0. The molecule has 0 spiro atoms. The van der Waals surface area contributed by atoms with E-state index in [-0.39, 0.29) is 10.6 Å². The summed E-state index contributed by atoms with van der Waals surface area (Å²) in [5, 5.41) is 8.58. The number of aliphatic carboxylic acids is 1. The van der Waals surface area contributed by atoms with Gasteiger partial charge in [-0.3, -0.25) is 9.59 Å². The van der Waals surface area contributed by atoms with Gasteiger partial charge in [-0.25, -0.2) is 4.79 Å². The molecule has 0 aromatic heterocycles. The Morgan fingerprint density at radius 3 is 2.44 bits per heavy atom. The molecular weight excluding hydrogens is 232 g/mol. The number of carbonyl (C=O) groups is 3. The van der Waals surface area contributed by atoms with Gasteiger partial charge >= 0.3 is 5.97 Å². The van der Waals surface area contributed by atoms with E-state index in [0.29, 0.717) is 0 Å². The number of carboxylic acids is 1. The van der Waals surface area contributed by atoms with E-state index in [1.165, 1.54) is 6.07 Å². The lowest BCUT2D eigenvalue weighted by molar-refractivity contribution is -0.148. The van der Waals surface area contributed by atoms with E-state index < -0.39 is 24.0 Å². The first-order valence-electron chi connectivity index (χ1n) is 4.47. The first-order chi connectivity index (χ1) is 7.41. The van der Waals surface area contributed by atoms with Gasteiger partial charge in [0.2, 0.25) is 5.78 Å². The molecule has 16 heavy (non-hydrogen) atoms. The standard InChI is InChI=1S/C11H9ClO4/c1-6-2-3-7(8(12)4-6)9(13)5-10(14)11(15)16/h2-4H,5H2,1H3,(H,15,16). The summed E-state index contributed by atoms with van der Waals surface area (Å²) in [5.74, 6) is -3.34. The minimum atomic E-state index is -1.61. The van der Waals surface area contributed by atoms with Gasteiger partial charge in [-0.1, -0.05) is 17.7 Å². The topological polar surface area (TPSA) is 71.4 Å². The Morgan fingerprint density at radius 2 is 1.94 bits per heavy atom. The summed E-state index contributed by atoms with van der Waals surface area (Å²) in [4.78, 5) is 32.6. The maximum absolute atomic E-state index is 11.5. The van der Waals surface area contributed by atoms with E-state index in [4.69, 9.17) is 16.7 Å². The number of benzene rings is 1. The van der Waals surface area contributed by atoms with Crippen molar-refractivity contribution < 1.29 is 19.5 Å². The summed E-state index contributed by atoms with van der Waals surface area (Å²) in [6.45, 7) is 1.81. The molecule has 0 atom stereocenters. The van der Waals surface area contributed by atoms with Gasteiger partial charge in [0.1, 0.15) is 0 Å². The van der Waals surface area contributed by atoms with Crippen LogP contribution in [0.15, 0.2) is 18.2 Å². The fourth-order valence-corrected chi connectivity index (χ4v) is 1.50. The van der Waals surface area contributed by atoms with E-state index in [2.05, 4.69) is 0 Å².